The van der Waals surface area contributed by atoms with Crippen LogP contribution >= 0.6 is 33.2 Å². The summed E-state index contributed by atoms with van der Waals surface area (Å²) in [4.78, 5) is 0. The fourth-order valence-corrected chi connectivity index (χ4v) is 0.0667. The predicted octanol–water partition coefficient (Wildman–Crippen LogP) is 2.11. The lowest BCUT2D eigenvalue weighted by atomic mass is 11.4. The highest BCUT2D eigenvalue weighted by atomic mass is 35.8. The van der Waals surface area contributed by atoms with Gasteiger partial charge in [-0.3, -0.25) is 0 Å². The Balaban J connectivity index is -0.000000144. The molecule has 0 spiro atoms. The van der Waals surface area contributed by atoms with Crippen LogP contribution in [0.4, 0.5) is 0 Å². The van der Waals surface area contributed by atoms with E-state index in [1.807, 2.05) is 0 Å². The Morgan fingerprint density at radius 1 is 1.00 bits per heavy atom. The topological polar surface area (TPSA) is 149 Å². The van der Waals surface area contributed by atoms with Crippen LogP contribution in [-0.2, 0) is 0 Å². The fourth-order valence-electron chi connectivity index (χ4n) is 0.0667. The molecule has 0 amide bonds. The van der Waals surface area contributed by atoms with E-state index in [0.29, 0.717) is 0 Å². The van der Waals surface area contributed by atoms with Gasteiger partial charge in [-0.25, -0.2) is 11.1 Å². The number of hydrogen-bond acceptors (Lipinski definition) is 6. The zero-order valence-electron chi connectivity index (χ0n) is 7.73. The maximum atomic E-state index is 6.00. The van der Waals surface area contributed by atoms with Crippen molar-refractivity contribution in [3.8, 4) is 0 Å². The molecule has 6 N–H and O–H groups in total. The van der Waals surface area contributed by atoms with Gasteiger partial charge in [0.25, 0.3) is 0 Å². The highest BCUT2D eigenvalue weighted by Gasteiger charge is 2.13. The van der Waals surface area contributed by atoms with Crippen molar-refractivity contribution in [3.63, 3.8) is 0 Å². The molecule has 0 saturated carbocycles. The number of nitrogens with zero attached hydrogens (tertiary/aromatic N) is 4. The lowest BCUT2D eigenvalue weighted by Crippen LogP contribution is -1.97. The summed E-state index contributed by atoms with van der Waals surface area (Å²) in [5, 5.41) is 11.1. The van der Waals surface area contributed by atoms with Gasteiger partial charge >= 0.3 is 6.00 Å². The molecule has 0 aliphatic rings. The van der Waals surface area contributed by atoms with Gasteiger partial charge in [0.05, 0.1) is 0 Å². The summed E-state index contributed by atoms with van der Waals surface area (Å²) in [5.41, 5.74) is 12.0. The number of hydrazone groups is 2. The normalized spacial score (nSPS) is 9.87. The molecular weight excluding hydrogens is 283 g/mol. The minimum atomic E-state index is -2.19. The number of nitrogens with two attached hydrogens (primary N) is 2. The molecule has 0 aromatic heterocycles. The number of hydrogen-bond donors (Lipinski definition) is 4. The Bertz CT molecular complexity index is 178. The molecule has 88 valence electrons. The molecule has 0 saturated heterocycles. The van der Waals surface area contributed by atoms with Crippen molar-refractivity contribution in [1.29, 1.82) is 11.1 Å². The van der Waals surface area contributed by atoms with Crippen LogP contribution in [0, 0.1) is 11.1 Å². The molecule has 0 heterocycles. The molecule has 0 rings (SSSR count). The second-order valence-electron chi connectivity index (χ2n) is 1.57. The zero-order chi connectivity index (χ0) is 12.7. The summed E-state index contributed by atoms with van der Waals surface area (Å²) in [7, 11) is 0. The third-order valence-corrected chi connectivity index (χ3v) is 0.249. The van der Waals surface area contributed by atoms with Gasteiger partial charge in [-0.15, -0.1) is 43.5 Å². The molecule has 12 heteroatoms. The Morgan fingerprint density at radius 3 is 1.20 bits per heavy atom. The molecule has 0 atom stereocenters. The summed E-state index contributed by atoms with van der Waals surface area (Å²) >= 11 is 15.6. The number of halogens is 3. The van der Waals surface area contributed by atoms with Crippen LogP contribution in [0.25, 0.3) is 0 Å². The summed E-state index contributed by atoms with van der Waals surface area (Å²) in [6.45, 7) is 1.62. The molecule has 15 heavy (non-hydrogen) atoms. The van der Waals surface area contributed by atoms with Crippen molar-refractivity contribution in [2.24, 2.45) is 32.1 Å². The van der Waals surface area contributed by atoms with Crippen molar-refractivity contribution >= 4 is 51.9 Å². The van der Waals surface area contributed by atoms with Gasteiger partial charge in [-0.2, -0.15) is 10.2 Å². The van der Waals surface area contributed by atoms with Crippen molar-refractivity contribution < 1.29 is 0 Å². The van der Waals surface area contributed by atoms with E-state index in [-0.39, 0.29) is 0 Å². The van der Waals surface area contributed by atoms with E-state index in [1.54, 1.807) is 6.55 Å². The van der Waals surface area contributed by atoms with Crippen molar-refractivity contribution in [2.75, 3.05) is 0 Å². The minimum absolute atomic E-state index is 0.944. The molecule has 0 aromatic carbocycles. The van der Waals surface area contributed by atoms with Crippen LogP contribution in [0.3, 0.4) is 0 Å². The van der Waals surface area contributed by atoms with E-state index in [1.165, 1.54) is 0 Å². The maximum Gasteiger partial charge on any atom is 0.338 e. The Morgan fingerprint density at radius 2 is 1.20 bits per heavy atom. The average Bonchev–Trinajstić information content (AvgIpc) is 2.05. The van der Waals surface area contributed by atoms with E-state index < -0.39 is 6.00 Å². The van der Waals surface area contributed by atoms with E-state index >= 15 is 0 Å². The van der Waals surface area contributed by atoms with Crippen LogP contribution in [0.2, 0.25) is 6.55 Å². The molecule has 0 aromatic rings. The van der Waals surface area contributed by atoms with Gasteiger partial charge in [-0.05, 0) is 6.55 Å². The first-order valence-corrected chi connectivity index (χ1v) is 8.60. The van der Waals surface area contributed by atoms with Crippen molar-refractivity contribution in [2.45, 2.75) is 6.55 Å². The highest BCUT2D eigenvalue weighted by molar-refractivity contribution is 7.64. The van der Waals surface area contributed by atoms with Crippen LogP contribution in [0.5, 0.6) is 0 Å². The first-order chi connectivity index (χ1) is 6.83. The lowest BCUT2D eigenvalue weighted by molar-refractivity contribution is 1.17. The van der Waals surface area contributed by atoms with Gasteiger partial charge in [0.2, 0.25) is 0 Å². The monoisotopic (exact) mass is 292 g/mol. The predicted molar refractivity (Wildman–Crippen MR) is 64.8 cm³/mol. The smallest absolute Gasteiger partial charge is 0.322 e. The molecule has 0 aliphatic heterocycles. The molecule has 0 aliphatic carbocycles. The van der Waals surface area contributed by atoms with Gasteiger partial charge < -0.3 is 11.7 Å². The first kappa shape index (κ1) is 19.7. The van der Waals surface area contributed by atoms with Gasteiger partial charge in [-0.1, -0.05) is 0 Å². The van der Waals surface area contributed by atoms with Gasteiger partial charge in [0.1, 0.15) is 0 Å². The SMILES string of the molecule is C[Si](Cl)(Cl)Cl.N=NC=NN.N=NC=NN. The van der Waals surface area contributed by atoms with Crippen LogP contribution in [-0.4, -0.2) is 18.7 Å². The molecular formula is C3H11Cl3N8Si. The quantitative estimate of drug-likeness (QED) is 0.117. The second-order valence-corrected chi connectivity index (χ2v) is 11.7. The Kier molecular flexibility index (Phi) is 20.7. The van der Waals surface area contributed by atoms with Crippen LogP contribution in [0.1, 0.15) is 0 Å². The standard InChI is InChI=1S/CH3Cl3Si.2CH4N4/c1-5(2,3)4;2*2-4-1-5-3/h1H3;2*1-2H,3H2. The Labute approximate surface area is 102 Å². The number of rotatable bonds is 2. The molecule has 0 fully saturated rings. The highest BCUT2D eigenvalue weighted by Crippen LogP contribution is 2.17. The van der Waals surface area contributed by atoms with Gasteiger partial charge in [0.15, 0.2) is 12.7 Å². The molecule has 0 radical (unpaired) electrons. The summed E-state index contributed by atoms with van der Waals surface area (Å²) in [6, 6.07) is -2.19. The van der Waals surface area contributed by atoms with Crippen molar-refractivity contribution in [1.82, 2.24) is 0 Å². The molecule has 8 nitrogen and oxygen atoms in total. The third-order valence-electron chi connectivity index (χ3n) is 0.249. The minimum Gasteiger partial charge on any atom is -0.322 e. The fraction of sp³-hybridized carbons (Fsp3) is 0.333. The number of nitrogens with one attached hydrogen (secondary N) is 2. The van der Waals surface area contributed by atoms with Crippen LogP contribution < -0.4 is 11.7 Å². The van der Waals surface area contributed by atoms with E-state index in [0.717, 1.165) is 12.7 Å². The van der Waals surface area contributed by atoms with Crippen molar-refractivity contribution in [3.05, 3.63) is 0 Å². The zero-order valence-corrected chi connectivity index (χ0v) is 11.0. The summed E-state index contributed by atoms with van der Waals surface area (Å²) < 4.78 is 0. The third kappa shape index (κ3) is 160. The molecule has 0 bridgehead atoms. The Hall–Kier alpha value is -0.773. The van der Waals surface area contributed by atoms with E-state index in [4.69, 9.17) is 44.3 Å². The van der Waals surface area contributed by atoms with Crippen LogP contribution in [0.15, 0.2) is 20.4 Å². The summed E-state index contributed by atoms with van der Waals surface area (Å²) in [6.07, 6.45) is 1.89. The van der Waals surface area contributed by atoms with E-state index in [2.05, 4.69) is 32.1 Å². The second kappa shape index (κ2) is 15.7. The molecule has 0 unspecified atom stereocenters. The first-order valence-electron chi connectivity index (χ1n) is 3.06. The average molecular weight is 294 g/mol. The van der Waals surface area contributed by atoms with Gasteiger partial charge in [0, 0.05) is 0 Å². The van der Waals surface area contributed by atoms with E-state index in [9.17, 15) is 0 Å². The maximum absolute atomic E-state index is 6.00. The summed E-state index contributed by atoms with van der Waals surface area (Å²) in [5.74, 6) is 8.99. The lowest BCUT2D eigenvalue weighted by Gasteiger charge is -1.89. The largest absolute Gasteiger partial charge is 0.338 e.